The highest BCUT2D eigenvalue weighted by atomic mass is 127. The van der Waals surface area contributed by atoms with E-state index < -0.39 is 0 Å². The van der Waals surface area contributed by atoms with Crippen LogP contribution in [0, 0.1) is 5.92 Å². The molecule has 3 N–H and O–H groups in total. The summed E-state index contributed by atoms with van der Waals surface area (Å²) in [5.74, 6) is 1.48. The molecule has 0 heterocycles. The predicted octanol–water partition coefficient (Wildman–Crippen LogP) is 1.50. The van der Waals surface area contributed by atoms with Gasteiger partial charge in [-0.3, -0.25) is 4.79 Å². The second kappa shape index (κ2) is 12.9. The monoisotopic (exact) mass is 426 g/mol. The third kappa shape index (κ3) is 9.45. The van der Waals surface area contributed by atoms with Crippen molar-refractivity contribution in [2.75, 3.05) is 33.4 Å². The van der Waals surface area contributed by atoms with Crippen LogP contribution in [0.15, 0.2) is 4.99 Å². The highest BCUT2D eigenvalue weighted by molar-refractivity contribution is 14.0. The standard InChI is InChI=1S/C15H30N4O2.HI/c1-4-16-15(18-11-14(20)17-9-10-21-3)19-13-7-5-12(2)6-8-13;/h12-13H,4-11H2,1-3H3,(H,17,20)(H2,16,18,19);1H. The van der Waals surface area contributed by atoms with Crippen LogP contribution in [0.3, 0.4) is 0 Å². The fourth-order valence-corrected chi connectivity index (χ4v) is 2.42. The molecule has 1 rings (SSSR count). The molecule has 0 spiro atoms. The van der Waals surface area contributed by atoms with Gasteiger partial charge in [0.15, 0.2) is 5.96 Å². The zero-order chi connectivity index (χ0) is 15.5. The Kier molecular flexibility index (Phi) is 12.6. The summed E-state index contributed by atoms with van der Waals surface area (Å²) in [6, 6.07) is 0.468. The van der Waals surface area contributed by atoms with Crippen molar-refractivity contribution in [3.8, 4) is 0 Å². The van der Waals surface area contributed by atoms with Crippen LogP contribution in [0.1, 0.15) is 39.5 Å². The Morgan fingerprint density at radius 3 is 2.50 bits per heavy atom. The molecule has 0 aliphatic heterocycles. The topological polar surface area (TPSA) is 74.8 Å². The Balaban J connectivity index is 0.00000441. The van der Waals surface area contributed by atoms with Gasteiger partial charge in [0.05, 0.1) is 6.61 Å². The van der Waals surface area contributed by atoms with E-state index in [4.69, 9.17) is 4.74 Å². The van der Waals surface area contributed by atoms with Crippen LogP contribution in [0.2, 0.25) is 0 Å². The Hall–Kier alpha value is -0.570. The van der Waals surface area contributed by atoms with Gasteiger partial charge < -0.3 is 20.7 Å². The molecular weight excluding hydrogens is 395 g/mol. The Bertz CT molecular complexity index is 332. The van der Waals surface area contributed by atoms with Crippen molar-refractivity contribution >= 4 is 35.8 Å². The highest BCUT2D eigenvalue weighted by Crippen LogP contribution is 2.23. The average molecular weight is 426 g/mol. The largest absolute Gasteiger partial charge is 0.383 e. The fourth-order valence-electron chi connectivity index (χ4n) is 2.42. The average Bonchev–Trinajstić information content (AvgIpc) is 2.47. The first-order valence-electron chi connectivity index (χ1n) is 7.96. The lowest BCUT2D eigenvalue weighted by Crippen LogP contribution is -2.45. The predicted molar refractivity (Wildman–Crippen MR) is 101 cm³/mol. The number of amides is 1. The summed E-state index contributed by atoms with van der Waals surface area (Å²) in [6.45, 7) is 6.31. The number of nitrogens with one attached hydrogen (secondary N) is 3. The molecule has 1 saturated carbocycles. The van der Waals surface area contributed by atoms with E-state index in [0.717, 1.165) is 18.4 Å². The van der Waals surface area contributed by atoms with E-state index in [1.165, 1.54) is 25.7 Å². The molecule has 0 atom stereocenters. The van der Waals surface area contributed by atoms with Crippen LogP contribution >= 0.6 is 24.0 Å². The van der Waals surface area contributed by atoms with Crippen LogP contribution < -0.4 is 16.0 Å². The summed E-state index contributed by atoms with van der Waals surface area (Å²) in [5.41, 5.74) is 0. The summed E-state index contributed by atoms with van der Waals surface area (Å²) in [5, 5.41) is 9.40. The summed E-state index contributed by atoms with van der Waals surface area (Å²) in [7, 11) is 1.61. The smallest absolute Gasteiger partial charge is 0.241 e. The minimum absolute atomic E-state index is 0. The van der Waals surface area contributed by atoms with E-state index in [0.29, 0.717) is 19.2 Å². The number of hydrogen-bond acceptors (Lipinski definition) is 3. The van der Waals surface area contributed by atoms with Crippen molar-refractivity contribution in [3.63, 3.8) is 0 Å². The van der Waals surface area contributed by atoms with Gasteiger partial charge in [0.1, 0.15) is 6.54 Å². The summed E-state index contributed by atoms with van der Waals surface area (Å²) in [4.78, 5) is 16.0. The molecular formula is C15H31IN4O2. The molecule has 1 aliphatic rings. The zero-order valence-corrected chi connectivity index (χ0v) is 16.3. The van der Waals surface area contributed by atoms with E-state index in [1.54, 1.807) is 7.11 Å². The van der Waals surface area contributed by atoms with Crippen molar-refractivity contribution in [3.05, 3.63) is 0 Å². The minimum Gasteiger partial charge on any atom is -0.383 e. The molecule has 0 aromatic rings. The van der Waals surface area contributed by atoms with Crippen molar-refractivity contribution < 1.29 is 9.53 Å². The molecule has 130 valence electrons. The van der Waals surface area contributed by atoms with Crippen LogP contribution in [-0.4, -0.2) is 51.3 Å². The van der Waals surface area contributed by atoms with Crippen LogP contribution in [0.5, 0.6) is 0 Å². The van der Waals surface area contributed by atoms with Gasteiger partial charge in [-0.15, -0.1) is 24.0 Å². The number of aliphatic imine (C=N–C) groups is 1. The van der Waals surface area contributed by atoms with Crippen LogP contribution in [0.25, 0.3) is 0 Å². The van der Waals surface area contributed by atoms with E-state index in [2.05, 4.69) is 27.9 Å². The second-order valence-electron chi connectivity index (χ2n) is 5.64. The molecule has 1 fully saturated rings. The van der Waals surface area contributed by atoms with Crippen molar-refractivity contribution in [2.24, 2.45) is 10.9 Å². The van der Waals surface area contributed by atoms with Crippen molar-refractivity contribution in [1.82, 2.24) is 16.0 Å². The molecule has 1 aliphatic carbocycles. The maximum Gasteiger partial charge on any atom is 0.241 e. The number of ether oxygens (including phenoxy) is 1. The number of nitrogens with zero attached hydrogens (tertiary/aromatic N) is 1. The first-order chi connectivity index (χ1) is 10.2. The van der Waals surface area contributed by atoms with Gasteiger partial charge in [0, 0.05) is 26.2 Å². The fraction of sp³-hybridized carbons (Fsp3) is 0.867. The SMILES string of the molecule is CCNC(=NCC(=O)NCCOC)NC1CCC(C)CC1.I. The minimum atomic E-state index is -0.0819. The molecule has 0 aromatic heterocycles. The molecule has 1 amide bonds. The van der Waals surface area contributed by atoms with Gasteiger partial charge in [-0.05, 0) is 38.5 Å². The van der Waals surface area contributed by atoms with Gasteiger partial charge >= 0.3 is 0 Å². The molecule has 0 bridgehead atoms. The first kappa shape index (κ1) is 21.4. The van der Waals surface area contributed by atoms with Gasteiger partial charge in [0.2, 0.25) is 5.91 Å². The maximum absolute atomic E-state index is 11.6. The second-order valence-corrected chi connectivity index (χ2v) is 5.64. The Morgan fingerprint density at radius 2 is 1.91 bits per heavy atom. The van der Waals surface area contributed by atoms with Gasteiger partial charge in [-0.25, -0.2) is 4.99 Å². The number of halogens is 1. The maximum atomic E-state index is 11.6. The van der Waals surface area contributed by atoms with E-state index in [9.17, 15) is 4.79 Å². The number of guanidine groups is 1. The quantitative estimate of drug-likeness (QED) is 0.250. The third-order valence-corrected chi connectivity index (χ3v) is 3.71. The molecule has 0 radical (unpaired) electrons. The lowest BCUT2D eigenvalue weighted by molar-refractivity contribution is -0.119. The number of rotatable bonds is 7. The summed E-state index contributed by atoms with van der Waals surface area (Å²) < 4.78 is 4.89. The van der Waals surface area contributed by atoms with Gasteiger partial charge in [-0.1, -0.05) is 6.92 Å². The highest BCUT2D eigenvalue weighted by Gasteiger charge is 2.18. The van der Waals surface area contributed by atoms with Crippen molar-refractivity contribution in [1.29, 1.82) is 0 Å². The van der Waals surface area contributed by atoms with Crippen LogP contribution in [-0.2, 0) is 9.53 Å². The third-order valence-electron chi connectivity index (χ3n) is 3.71. The first-order valence-corrected chi connectivity index (χ1v) is 7.96. The van der Waals surface area contributed by atoms with Crippen molar-refractivity contribution in [2.45, 2.75) is 45.6 Å². The molecule has 0 aromatic carbocycles. The number of carbonyl (C=O) groups is 1. The lowest BCUT2D eigenvalue weighted by atomic mass is 9.87. The number of hydrogen-bond donors (Lipinski definition) is 3. The molecule has 0 saturated heterocycles. The Labute approximate surface area is 151 Å². The van der Waals surface area contributed by atoms with Gasteiger partial charge in [-0.2, -0.15) is 0 Å². The molecule has 7 heteroatoms. The normalized spacial score (nSPS) is 21.7. The van der Waals surface area contributed by atoms with Crippen LogP contribution in [0.4, 0.5) is 0 Å². The lowest BCUT2D eigenvalue weighted by Gasteiger charge is -2.28. The number of methoxy groups -OCH3 is 1. The summed E-state index contributed by atoms with van der Waals surface area (Å²) >= 11 is 0. The Morgan fingerprint density at radius 1 is 1.23 bits per heavy atom. The zero-order valence-electron chi connectivity index (χ0n) is 14.0. The summed E-state index contributed by atoms with van der Waals surface area (Å²) in [6.07, 6.45) is 4.86. The van der Waals surface area contributed by atoms with Gasteiger partial charge in [0.25, 0.3) is 0 Å². The van der Waals surface area contributed by atoms with E-state index in [-0.39, 0.29) is 36.4 Å². The molecule has 22 heavy (non-hydrogen) atoms. The number of carbonyl (C=O) groups excluding carboxylic acids is 1. The molecule has 6 nitrogen and oxygen atoms in total. The molecule has 0 unspecified atom stereocenters. The van der Waals surface area contributed by atoms with E-state index >= 15 is 0 Å². The van der Waals surface area contributed by atoms with E-state index in [1.807, 2.05) is 6.92 Å².